The van der Waals surface area contributed by atoms with E-state index in [2.05, 4.69) is 4.98 Å². The summed E-state index contributed by atoms with van der Waals surface area (Å²) >= 11 is 12.3. The average Bonchev–Trinajstić information content (AvgIpc) is 3.46. The van der Waals surface area contributed by atoms with E-state index in [1.54, 1.807) is 0 Å². The summed E-state index contributed by atoms with van der Waals surface area (Å²) in [7, 11) is 0. The molecule has 1 aromatic heterocycles. The lowest BCUT2D eigenvalue weighted by molar-refractivity contribution is 0.0970. The highest BCUT2D eigenvalue weighted by molar-refractivity contribution is 6.30. The maximum Gasteiger partial charge on any atom is 0.163 e. The van der Waals surface area contributed by atoms with E-state index in [1.165, 1.54) is 0 Å². The minimum Gasteiger partial charge on any atom is -0.361 e. The molecule has 0 amide bonds. The molecule has 3 nitrogen and oxygen atoms in total. The van der Waals surface area contributed by atoms with Gasteiger partial charge in [-0.25, -0.2) is 0 Å². The lowest BCUT2D eigenvalue weighted by Crippen LogP contribution is -2.12. The summed E-state index contributed by atoms with van der Waals surface area (Å²) in [5, 5.41) is 1.28. The molecule has 5 rings (SSSR count). The number of hydrogen-bond donors (Lipinski definition) is 1. The van der Waals surface area contributed by atoms with Crippen LogP contribution in [-0.2, 0) is 0 Å². The van der Waals surface area contributed by atoms with Crippen LogP contribution in [0.2, 0.25) is 10.0 Å². The van der Waals surface area contributed by atoms with Gasteiger partial charge in [-0.3, -0.25) is 9.59 Å². The van der Waals surface area contributed by atoms with Gasteiger partial charge >= 0.3 is 0 Å². The fourth-order valence-electron chi connectivity index (χ4n) is 4.90. The zero-order valence-corrected chi connectivity index (χ0v) is 22.7. The van der Waals surface area contributed by atoms with Gasteiger partial charge in [-0.15, -0.1) is 0 Å². The molecule has 1 heterocycles. The van der Waals surface area contributed by atoms with Crippen LogP contribution >= 0.6 is 23.2 Å². The Balaban J connectivity index is 1.50. The molecule has 4 aromatic carbocycles. The highest BCUT2D eigenvalue weighted by atomic mass is 35.5. The Morgan fingerprint density at radius 3 is 1.23 bits per heavy atom. The Kier molecular flexibility index (Phi) is 8.41. The second kappa shape index (κ2) is 12.3. The van der Waals surface area contributed by atoms with Gasteiger partial charge in [0.25, 0.3) is 0 Å². The van der Waals surface area contributed by atoms with Crippen LogP contribution in [-0.4, -0.2) is 16.6 Å². The number of hydrogen-bond acceptors (Lipinski definition) is 2. The number of nitrogens with one attached hydrogen (secondary N) is 1. The number of aromatic amines is 1. The number of aromatic nitrogens is 1. The van der Waals surface area contributed by atoms with E-state index >= 15 is 0 Å². The van der Waals surface area contributed by atoms with Crippen molar-refractivity contribution in [1.29, 1.82) is 0 Å². The first-order valence-corrected chi connectivity index (χ1v) is 13.6. The largest absolute Gasteiger partial charge is 0.361 e. The van der Waals surface area contributed by atoms with Gasteiger partial charge in [0.2, 0.25) is 0 Å². The molecule has 5 heteroatoms. The number of Topliss-reactive ketones (excluding diaryl/α,β-unsaturated/α-hetero) is 2. The lowest BCUT2D eigenvalue weighted by atomic mass is 9.89. The van der Waals surface area contributed by atoms with Gasteiger partial charge in [0.1, 0.15) is 0 Å². The van der Waals surface area contributed by atoms with Crippen molar-refractivity contribution in [2.75, 3.05) is 0 Å². The van der Waals surface area contributed by atoms with Crippen molar-refractivity contribution in [1.82, 2.24) is 4.98 Å². The zero-order valence-electron chi connectivity index (χ0n) is 21.2. The van der Waals surface area contributed by atoms with Crippen LogP contribution in [0.25, 0.3) is 0 Å². The van der Waals surface area contributed by atoms with Gasteiger partial charge in [0.05, 0.1) is 0 Å². The maximum atomic E-state index is 13.3. The molecule has 0 aliphatic heterocycles. The van der Waals surface area contributed by atoms with E-state index in [-0.39, 0.29) is 23.4 Å². The molecule has 2 unspecified atom stereocenters. The molecule has 39 heavy (non-hydrogen) atoms. The highest BCUT2D eigenvalue weighted by Gasteiger charge is 2.25. The van der Waals surface area contributed by atoms with Gasteiger partial charge in [0, 0.05) is 57.2 Å². The molecule has 0 spiro atoms. The molecule has 0 saturated heterocycles. The van der Waals surface area contributed by atoms with E-state index in [1.807, 2.05) is 121 Å². The fourth-order valence-corrected chi connectivity index (χ4v) is 5.15. The van der Waals surface area contributed by atoms with Crippen molar-refractivity contribution in [3.8, 4) is 0 Å². The number of carbonyl (C=O) groups excluding carboxylic acids is 2. The second-order valence-electron chi connectivity index (χ2n) is 9.56. The number of ketones is 2. The van der Waals surface area contributed by atoms with Crippen LogP contribution in [0.1, 0.15) is 67.9 Å². The van der Waals surface area contributed by atoms with Crippen molar-refractivity contribution < 1.29 is 9.59 Å². The van der Waals surface area contributed by atoms with Crippen molar-refractivity contribution >= 4 is 34.8 Å². The molecular formula is C34H27Cl2NO2. The van der Waals surface area contributed by atoms with Crippen molar-refractivity contribution in [3.63, 3.8) is 0 Å². The van der Waals surface area contributed by atoms with Gasteiger partial charge < -0.3 is 4.98 Å². The predicted octanol–water partition coefficient (Wildman–Crippen LogP) is 9.13. The van der Waals surface area contributed by atoms with E-state index < -0.39 is 0 Å². The van der Waals surface area contributed by atoms with Crippen LogP contribution < -0.4 is 0 Å². The Morgan fingerprint density at radius 1 is 0.513 bits per heavy atom. The third kappa shape index (κ3) is 6.57. The van der Waals surface area contributed by atoms with Gasteiger partial charge in [-0.1, -0.05) is 108 Å². The normalized spacial score (nSPS) is 12.6. The molecule has 0 fully saturated rings. The molecular weight excluding hydrogens is 525 g/mol. The summed E-state index contributed by atoms with van der Waals surface area (Å²) in [6.45, 7) is 0. The van der Waals surface area contributed by atoms with Crippen molar-refractivity contribution in [3.05, 3.63) is 165 Å². The summed E-state index contributed by atoms with van der Waals surface area (Å²) < 4.78 is 0. The first kappa shape index (κ1) is 26.7. The Morgan fingerprint density at radius 2 is 0.872 bits per heavy atom. The minimum atomic E-state index is -0.209. The molecule has 0 aliphatic carbocycles. The maximum absolute atomic E-state index is 13.3. The predicted molar refractivity (Wildman–Crippen MR) is 158 cm³/mol. The van der Waals surface area contributed by atoms with Gasteiger partial charge in [0.15, 0.2) is 11.6 Å². The third-order valence-electron chi connectivity index (χ3n) is 7.00. The molecule has 0 saturated carbocycles. The summed E-state index contributed by atoms with van der Waals surface area (Å²) in [5.74, 6) is -0.306. The second-order valence-corrected chi connectivity index (χ2v) is 10.4. The summed E-state index contributed by atoms with van der Waals surface area (Å²) in [6, 6.07) is 37.9. The minimum absolute atomic E-state index is 0.0557. The summed E-state index contributed by atoms with van der Waals surface area (Å²) in [5.41, 5.74) is 5.14. The molecule has 0 radical (unpaired) electrons. The van der Waals surface area contributed by atoms with Crippen LogP contribution in [0, 0.1) is 0 Å². The number of benzene rings is 4. The van der Waals surface area contributed by atoms with Gasteiger partial charge in [-0.05, 0) is 47.5 Å². The van der Waals surface area contributed by atoms with Crippen molar-refractivity contribution in [2.24, 2.45) is 0 Å². The quantitative estimate of drug-likeness (QED) is 0.176. The van der Waals surface area contributed by atoms with Crippen LogP contribution in [0.5, 0.6) is 0 Å². The van der Waals surface area contributed by atoms with Crippen molar-refractivity contribution in [2.45, 2.75) is 24.7 Å². The summed E-state index contributed by atoms with van der Waals surface area (Å²) in [6.07, 6.45) is 0.584. The summed E-state index contributed by atoms with van der Waals surface area (Å²) in [4.78, 5) is 30.1. The van der Waals surface area contributed by atoms with E-state index in [0.717, 1.165) is 22.5 Å². The number of H-pyrrole nitrogens is 1. The topological polar surface area (TPSA) is 49.9 Å². The van der Waals surface area contributed by atoms with Crippen LogP contribution in [0.3, 0.4) is 0 Å². The first-order chi connectivity index (χ1) is 19.0. The molecule has 2 atom stereocenters. The monoisotopic (exact) mass is 551 g/mol. The standard InChI is InChI=1S/C34H27Cl2NO2/c35-27-15-11-23(12-16-27)29(21-33(38)25-7-3-1-4-8-25)31-19-20-32(37-31)30(24-13-17-28(36)18-14-24)22-34(39)26-9-5-2-6-10-26/h1-20,29-30,37H,21-22H2. The van der Waals surface area contributed by atoms with E-state index in [4.69, 9.17) is 23.2 Å². The van der Waals surface area contributed by atoms with Gasteiger partial charge in [-0.2, -0.15) is 0 Å². The highest BCUT2D eigenvalue weighted by Crippen LogP contribution is 2.34. The Bertz CT molecular complexity index is 1430. The number of carbonyl (C=O) groups is 2. The van der Waals surface area contributed by atoms with E-state index in [9.17, 15) is 9.59 Å². The van der Waals surface area contributed by atoms with Crippen LogP contribution in [0.15, 0.2) is 121 Å². The lowest BCUT2D eigenvalue weighted by Gasteiger charge is -2.19. The molecule has 5 aromatic rings. The average molecular weight is 553 g/mol. The molecule has 0 bridgehead atoms. The molecule has 1 N–H and O–H groups in total. The van der Waals surface area contributed by atoms with E-state index in [0.29, 0.717) is 34.0 Å². The number of rotatable bonds is 10. The third-order valence-corrected chi connectivity index (χ3v) is 7.50. The molecule has 0 aliphatic rings. The number of halogens is 2. The smallest absolute Gasteiger partial charge is 0.163 e. The zero-order chi connectivity index (χ0) is 27.2. The SMILES string of the molecule is O=C(CC(c1ccc(Cl)cc1)c1ccc(C(CC(=O)c2ccccc2)c2ccc(Cl)cc2)[nH]1)c1ccccc1. The fraction of sp³-hybridized carbons (Fsp3) is 0.118. The molecule has 194 valence electrons. The first-order valence-electron chi connectivity index (χ1n) is 12.8. The van der Waals surface area contributed by atoms with Crippen LogP contribution in [0.4, 0.5) is 0 Å². The Hall–Kier alpha value is -3.92. The Labute approximate surface area is 238 Å².